The predicted molar refractivity (Wildman–Crippen MR) is 128 cm³/mol. The summed E-state index contributed by atoms with van der Waals surface area (Å²) in [6, 6.07) is 19.4. The molecule has 0 amide bonds. The van der Waals surface area contributed by atoms with Crippen molar-refractivity contribution in [3.8, 4) is 16.9 Å². The molecule has 0 spiro atoms. The van der Waals surface area contributed by atoms with E-state index >= 15 is 0 Å². The lowest BCUT2D eigenvalue weighted by Gasteiger charge is -2.27. The van der Waals surface area contributed by atoms with Crippen LogP contribution in [0.3, 0.4) is 0 Å². The lowest BCUT2D eigenvalue weighted by atomic mass is 9.97. The van der Waals surface area contributed by atoms with Crippen molar-refractivity contribution in [3.63, 3.8) is 0 Å². The Hall–Kier alpha value is -3.61. The number of aliphatic hydroxyl groups is 1. The molecule has 4 aromatic rings. The Morgan fingerprint density at radius 3 is 2.82 bits per heavy atom. The SMILES string of the molecule is COC(=O)c1cc(-c2ccoc2)c2ccc(OCc3cccc(C4CC(O)CCO4)c3)cc2c1. The van der Waals surface area contributed by atoms with E-state index in [1.165, 1.54) is 7.11 Å². The number of hydrogen-bond donors (Lipinski definition) is 1. The highest BCUT2D eigenvalue weighted by Gasteiger charge is 2.22. The third-order valence-corrected chi connectivity index (χ3v) is 6.16. The minimum atomic E-state index is -0.398. The average Bonchev–Trinajstić information content (AvgIpc) is 3.41. The monoisotopic (exact) mass is 458 g/mol. The molecule has 0 aliphatic carbocycles. The summed E-state index contributed by atoms with van der Waals surface area (Å²) in [7, 11) is 1.37. The number of methoxy groups -OCH3 is 1. The third kappa shape index (κ3) is 4.69. The minimum absolute atomic E-state index is 0.0950. The number of fused-ring (bicyclic) bond motifs is 1. The second-order valence-electron chi connectivity index (χ2n) is 8.48. The molecule has 34 heavy (non-hydrogen) atoms. The zero-order valence-electron chi connectivity index (χ0n) is 18.9. The fraction of sp³-hybridized carbons (Fsp3) is 0.250. The summed E-state index contributed by atoms with van der Waals surface area (Å²) < 4.78 is 22.1. The maximum atomic E-state index is 12.3. The third-order valence-electron chi connectivity index (χ3n) is 6.16. The van der Waals surface area contributed by atoms with E-state index < -0.39 is 5.97 Å². The van der Waals surface area contributed by atoms with Crippen LogP contribution in [-0.2, 0) is 16.1 Å². The van der Waals surface area contributed by atoms with Crippen LogP contribution < -0.4 is 4.74 Å². The van der Waals surface area contributed by atoms with E-state index in [1.54, 1.807) is 12.5 Å². The van der Waals surface area contributed by atoms with E-state index in [0.29, 0.717) is 37.4 Å². The quantitative estimate of drug-likeness (QED) is 0.375. The van der Waals surface area contributed by atoms with Gasteiger partial charge in [-0.25, -0.2) is 4.79 Å². The number of aliphatic hydroxyl groups excluding tert-OH is 1. The number of hydrogen-bond acceptors (Lipinski definition) is 6. The number of carbonyl (C=O) groups excluding carboxylic acids is 1. The summed E-state index contributed by atoms with van der Waals surface area (Å²) in [5.74, 6) is 0.298. The highest BCUT2D eigenvalue weighted by Crippen LogP contribution is 2.33. The number of benzene rings is 3. The van der Waals surface area contributed by atoms with Gasteiger partial charge in [-0.3, -0.25) is 0 Å². The van der Waals surface area contributed by atoms with E-state index in [0.717, 1.165) is 33.0 Å². The number of esters is 1. The highest BCUT2D eigenvalue weighted by molar-refractivity contribution is 6.03. The maximum Gasteiger partial charge on any atom is 0.337 e. The van der Waals surface area contributed by atoms with Gasteiger partial charge in [-0.15, -0.1) is 0 Å². The van der Waals surface area contributed by atoms with Crippen molar-refractivity contribution in [1.29, 1.82) is 0 Å². The fourth-order valence-corrected chi connectivity index (χ4v) is 4.39. The van der Waals surface area contributed by atoms with Crippen LogP contribution in [-0.4, -0.2) is 30.9 Å². The van der Waals surface area contributed by atoms with Crippen molar-refractivity contribution in [2.24, 2.45) is 0 Å². The molecule has 1 fully saturated rings. The summed E-state index contributed by atoms with van der Waals surface area (Å²) in [6.45, 7) is 0.956. The molecule has 0 saturated carbocycles. The molecule has 5 rings (SSSR count). The van der Waals surface area contributed by atoms with Crippen LogP contribution in [0.1, 0.15) is 40.4 Å². The first-order valence-corrected chi connectivity index (χ1v) is 11.3. The zero-order valence-corrected chi connectivity index (χ0v) is 18.9. The van der Waals surface area contributed by atoms with E-state index in [4.69, 9.17) is 18.6 Å². The maximum absolute atomic E-state index is 12.3. The van der Waals surface area contributed by atoms with E-state index in [9.17, 15) is 9.90 Å². The summed E-state index contributed by atoms with van der Waals surface area (Å²) >= 11 is 0. The molecule has 6 nitrogen and oxygen atoms in total. The van der Waals surface area contributed by atoms with Gasteiger partial charge in [0.1, 0.15) is 12.4 Å². The summed E-state index contributed by atoms with van der Waals surface area (Å²) in [6.07, 6.45) is 4.14. The van der Waals surface area contributed by atoms with Crippen molar-refractivity contribution in [2.75, 3.05) is 13.7 Å². The van der Waals surface area contributed by atoms with Gasteiger partial charge in [0.25, 0.3) is 0 Å². The van der Waals surface area contributed by atoms with Gasteiger partial charge in [-0.1, -0.05) is 24.3 Å². The molecule has 1 aliphatic rings. The van der Waals surface area contributed by atoms with Gasteiger partial charge in [0.05, 0.1) is 37.4 Å². The Morgan fingerprint density at radius 1 is 1.12 bits per heavy atom. The molecule has 174 valence electrons. The topological polar surface area (TPSA) is 78.1 Å². The minimum Gasteiger partial charge on any atom is -0.489 e. The molecule has 1 N–H and O–H groups in total. The molecule has 2 unspecified atom stereocenters. The first kappa shape index (κ1) is 22.2. The second-order valence-corrected chi connectivity index (χ2v) is 8.48. The van der Waals surface area contributed by atoms with Crippen molar-refractivity contribution in [3.05, 3.63) is 89.9 Å². The van der Waals surface area contributed by atoms with Gasteiger partial charge >= 0.3 is 5.97 Å². The molecule has 2 heterocycles. The second kappa shape index (κ2) is 9.71. The van der Waals surface area contributed by atoms with Crippen LogP contribution in [0, 0.1) is 0 Å². The molecule has 0 bridgehead atoms. The number of rotatable bonds is 6. The van der Waals surface area contributed by atoms with Crippen LogP contribution in [0.2, 0.25) is 0 Å². The molecule has 6 heteroatoms. The van der Waals surface area contributed by atoms with Crippen molar-refractivity contribution in [1.82, 2.24) is 0 Å². The van der Waals surface area contributed by atoms with Gasteiger partial charge in [0.15, 0.2) is 0 Å². The molecular weight excluding hydrogens is 432 g/mol. The van der Waals surface area contributed by atoms with Crippen LogP contribution in [0.15, 0.2) is 77.6 Å². The molecule has 0 radical (unpaired) electrons. The smallest absolute Gasteiger partial charge is 0.337 e. The first-order valence-electron chi connectivity index (χ1n) is 11.3. The van der Waals surface area contributed by atoms with Crippen LogP contribution in [0.25, 0.3) is 21.9 Å². The lowest BCUT2D eigenvalue weighted by Crippen LogP contribution is -2.23. The molecule has 1 saturated heterocycles. The van der Waals surface area contributed by atoms with Crippen LogP contribution >= 0.6 is 0 Å². The van der Waals surface area contributed by atoms with Crippen molar-refractivity contribution >= 4 is 16.7 Å². The Labute approximate surface area is 197 Å². The normalized spacial score (nSPS) is 18.1. The van der Waals surface area contributed by atoms with E-state index in [-0.39, 0.29) is 12.2 Å². The van der Waals surface area contributed by atoms with E-state index in [2.05, 4.69) is 6.07 Å². The summed E-state index contributed by atoms with van der Waals surface area (Å²) in [4.78, 5) is 12.3. The number of ether oxygens (including phenoxy) is 3. The Morgan fingerprint density at radius 2 is 2.03 bits per heavy atom. The molecule has 1 aliphatic heterocycles. The van der Waals surface area contributed by atoms with Gasteiger partial charge < -0.3 is 23.7 Å². The Kier molecular flexibility index (Phi) is 6.34. The zero-order chi connectivity index (χ0) is 23.5. The molecule has 3 aromatic carbocycles. The summed E-state index contributed by atoms with van der Waals surface area (Å²) in [5.41, 5.74) is 4.30. The van der Waals surface area contributed by atoms with Crippen LogP contribution in [0.4, 0.5) is 0 Å². The first-order chi connectivity index (χ1) is 16.6. The molecular formula is C28H26O6. The highest BCUT2D eigenvalue weighted by atomic mass is 16.5. The number of furan rings is 1. The predicted octanol–water partition coefficient (Wildman–Crippen LogP) is 5.68. The van der Waals surface area contributed by atoms with Gasteiger partial charge in [-0.05, 0) is 70.3 Å². The van der Waals surface area contributed by atoms with Crippen molar-refractivity contribution in [2.45, 2.75) is 31.7 Å². The molecule has 1 aromatic heterocycles. The largest absolute Gasteiger partial charge is 0.489 e. The van der Waals surface area contributed by atoms with Crippen LogP contribution in [0.5, 0.6) is 5.75 Å². The number of carbonyl (C=O) groups is 1. The Bertz CT molecular complexity index is 1290. The van der Waals surface area contributed by atoms with Crippen molar-refractivity contribution < 1.29 is 28.5 Å². The van der Waals surface area contributed by atoms with E-state index in [1.807, 2.05) is 54.6 Å². The fourth-order valence-electron chi connectivity index (χ4n) is 4.39. The van der Waals surface area contributed by atoms with Gasteiger partial charge in [0, 0.05) is 18.6 Å². The lowest BCUT2D eigenvalue weighted by molar-refractivity contribution is -0.0448. The van der Waals surface area contributed by atoms with Gasteiger partial charge in [0.2, 0.25) is 0 Å². The Balaban J connectivity index is 1.40. The standard InChI is InChI=1S/C28H26O6/c1-31-28(30)22-12-21-13-24(5-6-25(21)26(14-22)20-7-9-32-17-20)34-16-18-3-2-4-19(11-18)27-15-23(29)8-10-33-27/h2-7,9,11-14,17,23,27,29H,8,10,15-16H2,1H3. The van der Waals surface area contributed by atoms with Gasteiger partial charge in [-0.2, -0.15) is 0 Å². The average molecular weight is 459 g/mol. The summed E-state index contributed by atoms with van der Waals surface area (Å²) in [5, 5.41) is 11.8. The molecule has 2 atom stereocenters.